The van der Waals surface area contributed by atoms with Gasteiger partial charge < -0.3 is 4.42 Å². The lowest BCUT2D eigenvalue weighted by Crippen LogP contribution is -2.21. The fourth-order valence-corrected chi connectivity index (χ4v) is 2.90. The quantitative estimate of drug-likeness (QED) is 0.498. The van der Waals surface area contributed by atoms with Gasteiger partial charge in [-0.3, -0.25) is 15.0 Å². The molecular formula is C16H16N4O3S. The minimum atomic E-state index is -0.440. The average molecular weight is 344 g/mol. The summed E-state index contributed by atoms with van der Waals surface area (Å²) < 4.78 is 5.74. The van der Waals surface area contributed by atoms with Crippen molar-refractivity contribution in [3.63, 3.8) is 0 Å². The topological polar surface area (TPSA) is 85.3 Å². The summed E-state index contributed by atoms with van der Waals surface area (Å²) in [6, 6.07) is 8.11. The first kappa shape index (κ1) is 16.3. The third kappa shape index (κ3) is 3.50. The first-order valence-corrected chi connectivity index (χ1v) is 8.28. The smallest absolute Gasteiger partial charge is 0.269 e. The molecule has 3 aromatic rings. The Morgan fingerprint density at radius 2 is 2.04 bits per heavy atom. The van der Waals surface area contributed by atoms with Crippen molar-refractivity contribution < 1.29 is 9.34 Å². The van der Waals surface area contributed by atoms with E-state index in [1.807, 2.05) is 19.4 Å². The Labute approximate surface area is 142 Å². The molecule has 0 amide bonds. The number of nitro benzene ring substituents is 1. The summed E-state index contributed by atoms with van der Waals surface area (Å²) in [5, 5.41) is 23.0. The summed E-state index contributed by atoms with van der Waals surface area (Å²) >= 11 is 1.67. The second kappa shape index (κ2) is 6.90. The number of thiophene rings is 1. The van der Waals surface area contributed by atoms with Crippen molar-refractivity contribution in [3.8, 4) is 11.5 Å². The highest BCUT2D eigenvalue weighted by molar-refractivity contribution is 7.07. The third-order valence-electron chi connectivity index (χ3n) is 3.80. The van der Waals surface area contributed by atoms with E-state index in [0.29, 0.717) is 17.3 Å². The zero-order chi connectivity index (χ0) is 17.1. The van der Waals surface area contributed by atoms with E-state index in [2.05, 4.69) is 26.5 Å². The SMILES string of the molecule is C[C@H](c1nnc(-c2ccc([N+](=O)[O-])cc2)o1)N(C)Cc1ccsc1. The lowest BCUT2D eigenvalue weighted by Gasteiger charge is -2.20. The molecule has 0 fully saturated rings. The molecule has 0 bridgehead atoms. The van der Waals surface area contributed by atoms with Gasteiger partial charge in [0.15, 0.2) is 0 Å². The molecule has 2 aromatic heterocycles. The molecule has 0 saturated carbocycles. The fourth-order valence-electron chi connectivity index (χ4n) is 2.24. The standard InChI is InChI=1S/C16H16N4O3S/c1-11(19(2)9-12-7-8-24-10-12)15-17-18-16(23-15)13-3-5-14(6-4-13)20(21)22/h3-8,10-11H,9H2,1-2H3/t11-/m1/s1. The van der Waals surface area contributed by atoms with Gasteiger partial charge in [0, 0.05) is 24.2 Å². The minimum absolute atomic E-state index is 0.0300. The molecule has 0 aliphatic heterocycles. The van der Waals surface area contributed by atoms with E-state index in [1.54, 1.807) is 23.5 Å². The molecule has 0 N–H and O–H groups in total. The van der Waals surface area contributed by atoms with Crippen LogP contribution in [0.25, 0.3) is 11.5 Å². The maximum absolute atomic E-state index is 10.7. The fraction of sp³-hybridized carbons (Fsp3) is 0.250. The van der Waals surface area contributed by atoms with Crippen LogP contribution >= 0.6 is 11.3 Å². The molecule has 1 aromatic carbocycles. The zero-order valence-electron chi connectivity index (χ0n) is 13.2. The molecular weight excluding hydrogens is 328 g/mol. The van der Waals surface area contributed by atoms with E-state index in [-0.39, 0.29) is 11.7 Å². The summed E-state index contributed by atoms with van der Waals surface area (Å²) in [4.78, 5) is 12.4. The van der Waals surface area contributed by atoms with Gasteiger partial charge in [-0.25, -0.2) is 0 Å². The van der Waals surface area contributed by atoms with E-state index in [0.717, 1.165) is 6.54 Å². The molecule has 3 rings (SSSR count). The van der Waals surface area contributed by atoms with Crippen LogP contribution in [0.15, 0.2) is 45.5 Å². The van der Waals surface area contributed by atoms with Crippen LogP contribution in [-0.2, 0) is 6.54 Å². The van der Waals surface area contributed by atoms with E-state index in [9.17, 15) is 10.1 Å². The number of rotatable bonds is 6. The Kier molecular flexibility index (Phi) is 4.68. The van der Waals surface area contributed by atoms with Crippen LogP contribution in [0.3, 0.4) is 0 Å². The zero-order valence-corrected chi connectivity index (χ0v) is 14.1. The highest BCUT2D eigenvalue weighted by atomic mass is 32.1. The summed E-state index contributed by atoms with van der Waals surface area (Å²) in [6.07, 6.45) is 0. The molecule has 24 heavy (non-hydrogen) atoms. The molecule has 0 spiro atoms. The number of aromatic nitrogens is 2. The van der Waals surface area contributed by atoms with Crippen LogP contribution in [0, 0.1) is 10.1 Å². The molecule has 8 heteroatoms. The number of non-ortho nitro benzene ring substituents is 1. The maximum Gasteiger partial charge on any atom is 0.269 e. The molecule has 1 atom stereocenters. The van der Waals surface area contributed by atoms with Crippen molar-refractivity contribution in [3.05, 3.63) is 62.7 Å². The van der Waals surface area contributed by atoms with E-state index < -0.39 is 4.92 Å². The lowest BCUT2D eigenvalue weighted by molar-refractivity contribution is -0.384. The van der Waals surface area contributed by atoms with Gasteiger partial charge in [0.2, 0.25) is 11.8 Å². The Morgan fingerprint density at radius 1 is 1.29 bits per heavy atom. The van der Waals surface area contributed by atoms with Crippen molar-refractivity contribution in [1.82, 2.24) is 15.1 Å². The van der Waals surface area contributed by atoms with E-state index in [4.69, 9.17) is 4.42 Å². The first-order chi connectivity index (χ1) is 11.5. The molecule has 124 valence electrons. The van der Waals surface area contributed by atoms with Crippen LogP contribution in [-0.4, -0.2) is 27.1 Å². The number of nitrogens with zero attached hydrogens (tertiary/aromatic N) is 4. The van der Waals surface area contributed by atoms with Gasteiger partial charge >= 0.3 is 0 Å². The van der Waals surface area contributed by atoms with E-state index in [1.165, 1.54) is 17.7 Å². The first-order valence-electron chi connectivity index (χ1n) is 7.34. The second-order valence-corrected chi connectivity index (χ2v) is 6.25. The summed E-state index contributed by atoms with van der Waals surface area (Å²) in [5.41, 5.74) is 1.93. The average Bonchev–Trinajstić information content (AvgIpc) is 3.26. The van der Waals surface area contributed by atoms with Gasteiger partial charge in [-0.2, -0.15) is 11.3 Å². The Bertz CT molecular complexity index is 814. The summed E-state index contributed by atoms with van der Waals surface area (Å²) in [7, 11) is 2.00. The Hall–Kier alpha value is -2.58. The van der Waals surface area contributed by atoms with Crippen LogP contribution in [0.4, 0.5) is 5.69 Å². The summed E-state index contributed by atoms with van der Waals surface area (Å²) in [5.74, 6) is 0.872. The van der Waals surface area contributed by atoms with Gasteiger partial charge in [0.05, 0.1) is 11.0 Å². The van der Waals surface area contributed by atoms with Crippen molar-refractivity contribution in [2.45, 2.75) is 19.5 Å². The van der Waals surface area contributed by atoms with Gasteiger partial charge in [-0.1, -0.05) is 0 Å². The molecule has 0 saturated heterocycles. The Balaban J connectivity index is 1.73. The highest BCUT2D eigenvalue weighted by Gasteiger charge is 2.19. The molecule has 0 radical (unpaired) electrons. The minimum Gasteiger partial charge on any atom is -0.419 e. The Morgan fingerprint density at radius 3 is 2.67 bits per heavy atom. The molecule has 0 aliphatic carbocycles. The third-order valence-corrected chi connectivity index (χ3v) is 4.53. The number of hydrogen-bond acceptors (Lipinski definition) is 7. The van der Waals surface area contributed by atoms with Gasteiger partial charge in [0.25, 0.3) is 5.69 Å². The van der Waals surface area contributed by atoms with Crippen LogP contribution < -0.4 is 0 Å². The predicted octanol–water partition coefficient (Wildman–Crippen LogP) is 3.90. The monoisotopic (exact) mass is 344 g/mol. The second-order valence-electron chi connectivity index (χ2n) is 5.47. The van der Waals surface area contributed by atoms with Crippen molar-refractivity contribution in [1.29, 1.82) is 0 Å². The van der Waals surface area contributed by atoms with Crippen LogP contribution in [0.5, 0.6) is 0 Å². The van der Waals surface area contributed by atoms with Crippen LogP contribution in [0.2, 0.25) is 0 Å². The number of nitro groups is 1. The van der Waals surface area contributed by atoms with Gasteiger partial charge in [-0.05, 0) is 48.5 Å². The normalized spacial score (nSPS) is 12.5. The molecule has 7 nitrogen and oxygen atoms in total. The number of hydrogen-bond donors (Lipinski definition) is 0. The van der Waals surface area contributed by atoms with Gasteiger partial charge in [-0.15, -0.1) is 10.2 Å². The summed E-state index contributed by atoms with van der Waals surface area (Å²) in [6.45, 7) is 2.79. The number of benzene rings is 1. The van der Waals surface area contributed by atoms with Crippen molar-refractivity contribution >= 4 is 17.0 Å². The molecule has 2 heterocycles. The van der Waals surface area contributed by atoms with Crippen molar-refractivity contribution in [2.75, 3.05) is 7.05 Å². The lowest BCUT2D eigenvalue weighted by atomic mass is 10.2. The van der Waals surface area contributed by atoms with Gasteiger partial charge in [0.1, 0.15) is 0 Å². The molecule has 0 unspecified atom stereocenters. The highest BCUT2D eigenvalue weighted by Crippen LogP contribution is 2.25. The van der Waals surface area contributed by atoms with E-state index >= 15 is 0 Å². The molecule has 0 aliphatic rings. The van der Waals surface area contributed by atoms with Crippen LogP contribution in [0.1, 0.15) is 24.4 Å². The largest absolute Gasteiger partial charge is 0.419 e. The maximum atomic E-state index is 10.7. The van der Waals surface area contributed by atoms with Crippen molar-refractivity contribution in [2.24, 2.45) is 0 Å². The predicted molar refractivity (Wildman–Crippen MR) is 90.6 cm³/mol.